The number of carbonyl (C=O) groups is 1. The predicted molar refractivity (Wildman–Crippen MR) is 67.7 cm³/mol. The molecular formula is C11H22O6Si. The largest absolute Gasteiger partial charge is 0.530 e. The van der Waals surface area contributed by atoms with Gasteiger partial charge in [0.05, 0.1) is 0 Å². The van der Waals surface area contributed by atoms with Crippen molar-refractivity contribution in [2.45, 2.75) is 32.8 Å². The molecule has 0 fully saturated rings. The van der Waals surface area contributed by atoms with E-state index in [2.05, 4.69) is 6.58 Å². The fourth-order valence-corrected chi connectivity index (χ4v) is 3.25. The van der Waals surface area contributed by atoms with E-state index in [0.29, 0.717) is 5.57 Å². The molecule has 106 valence electrons. The van der Waals surface area contributed by atoms with Crippen molar-refractivity contribution in [1.29, 1.82) is 0 Å². The van der Waals surface area contributed by atoms with Crippen molar-refractivity contribution in [2.24, 2.45) is 0 Å². The molecule has 2 unspecified atom stereocenters. The molecule has 0 saturated heterocycles. The van der Waals surface area contributed by atoms with E-state index in [1.165, 1.54) is 21.3 Å². The monoisotopic (exact) mass is 278 g/mol. The average molecular weight is 278 g/mol. The van der Waals surface area contributed by atoms with Gasteiger partial charge in [0.1, 0.15) is 5.73 Å². The molecule has 0 aromatic heterocycles. The van der Waals surface area contributed by atoms with Gasteiger partial charge in [-0.05, 0) is 20.8 Å². The number of hydrogen-bond acceptors (Lipinski definition) is 6. The second-order valence-electron chi connectivity index (χ2n) is 3.75. The zero-order valence-electron chi connectivity index (χ0n) is 11.8. The molecule has 0 amide bonds. The SMILES string of the molecule is C=C(C)C(=O)OC(C)OC(C)[Si](OC)(OC)OC. The van der Waals surface area contributed by atoms with Crippen LogP contribution in [0.5, 0.6) is 0 Å². The van der Waals surface area contributed by atoms with Gasteiger partial charge < -0.3 is 22.8 Å². The molecule has 0 saturated carbocycles. The average Bonchev–Trinajstić information content (AvgIpc) is 2.31. The molecule has 0 aliphatic heterocycles. The lowest BCUT2D eigenvalue weighted by Gasteiger charge is -2.31. The van der Waals surface area contributed by atoms with Gasteiger partial charge in [0.2, 0.25) is 6.29 Å². The Labute approximate surface area is 109 Å². The fraction of sp³-hybridized carbons (Fsp3) is 0.727. The first-order chi connectivity index (χ1) is 8.32. The van der Waals surface area contributed by atoms with Crippen molar-refractivity contribution in [2.75, 3.05) is 21.3 Å². The van der Waals surface area contributed by atoms with Crippen LogP contribution in [0.1, 0.15) is 20.8 Å². The van der Waals surface area contributed by atoms with Crippen LogP contribution in [0.4, 0.5) is 0 Å². The van der Waals surface area contributed by atoms with Crippen molar-refractivity contribution >= 4 is 14.8 Å². The highest BCUT2D eigenvalue weighted by atomic mass is 28.4. The van der Waals surface area contributed by atoms with Gasteiger partial charge in [0.15, 0.2) is 0 Å². The Bertz CT molecular complexity index is 281. The number of esters is 1. The van der Waals surface area contributed by atoms with E-state index in [0.717, 1.165) is 0 Å². The number of hydrogen-bond donors (Lipinski definition) is 0. The van der Waals surface area contributed by atoms with Gasteiger partial charge in [-0.15, -0.1) is 0 Å². The second-order valence-corrected chi connectivity index (χ2v) is 6.99. The van der Waals surface area contributed by atoms with E-state index in [9.17, 15) is 4.79 Å². The molecule has 0 aliphatic rings. The van der Waals surface area contributed by atoms with Crippen LogP contribution in [-0.4, -0.2) is 48.1 Å². The predicted octanol–water partition coefficient (Wildman–Crippen LogP) is 1.27. The molecule has 0 aromatic carbocycles. The van der Waals surface area contributed by atoms with Gasteiger partial charge in [0, 0.05) is 26.9 Å². The van der Waals surface area contributed by atoms with Crippen LogP contribution >= 0.6 is 0 Å². The molecule has 2 atom stereocenters. The van der Waals surface area contributed by atoms with Gasteiger partial charge >= 0.3 is 14.8 Å². The summed E-state index contributed by atoms with van der Waals surface area (Å²) in [6, 6.07) is 0. The minimum absolute atomic E-state index is 0.312. The molecule has 0 aromatic rings. The summed E-state index contributed by atoms with van der Waals surface area (Å²) < 4.78 is 26.3. The van der Waals surface area contributed by atoms with Gasteiger partial charge in [-0.1, -0.05) is 6.58 Å². The Morgan fingerprint density at radius 1 is 1.11 bits per heavy atom. The van der Waals surface area contributed by atoms with Crippen molar-refractivity contribution in [3.8, 4) is 0 Å². The molecule has 0 N–H and O–H groups in total. The van der Waals surface area contributed by atoms with E-state index in [-0.39, 0.29) is 0 Å². The zero-order valence-corrected chi connectivity index (χ0v) is 12.8. The maximum atomic E-state index is 11.3. The summed E-state index contributed by atoms with van der Waals surface area (Å²) in [5.41, 5.74) is -0.155. The van der Waals surface area contributed by atoms with Crippen molar-refractivity contribution in [3.63, 3.8) is 0 Å². The van der Waals surface area contributed by atoms with Crippen LogP contribution in [0.3, 0.4) is 0 Å². The summed E-state index contributed by atoms with van der Waals surface area (Å²) in [6.45, 7) is 8.41. The van der Waals surface area contributed by atoms with Crippen LogP contribution in [-0.2, 0) is 27.5 Å². The first-order valence-corrected chi connectivity index (χ1v) is 7.30. The molecule has 7 heteroatoms. The molecule has 0 radical (unpaired) electrons. The van der Waals surface area contributed by atoms with Crippen LogP contribution < -0.4 is 0 Å². The molecule has 0 rings (SSSR count). The highest BCUT2D eigenvalue weighted by Crippen LogP contribution is 2.17. The molecule has 18 heavy (non-hydrogen) atoms. The minimum atomic E-state index is -2.90. The van der Waals surface area contributed by atoms with Crippen LogP contribution in [0.15, 0.2) is 12.2 Å². The highest BCUT2D eigenvalue weighted by molar-refractivity contribution is 6.61. The molecule has 0 aliphatic carbocycles. The lowest BCUT2D eigenvalue weighted by molar-refractivity contribution is -0.177. The van der Waals surface area contributed by atoms with Gasteiger partial charge in [-0.3, -0.25) is 0 Å². The second kappa shape index (κ2) is 7.65. The topological polar surface area (TPSA) is 63.2 Å². The number of ether oxygens (including phenoxy) is 2. The third-order valence-electron chi connectivity index (χ3n) is 2.37. The fourth-order valence-electron chi connectivity index (χ4n) is 1.40. The van der Waals surface area contributed by atoms with Crippen molar-refractivity contribution in [1.82, 2.24) is 0 Å². The summed E-state index contributed by atoms with van der Waals surface area (Å²) in [6.07, 6.45) is -0.739. The van der Waals surface area contributed by atoms with E-state index in [1.54, 1.807) is 20.8 Å². The third kappa shape index (κ3) is 4.50. The molecule has 0 heterocycles. The van der Waals surface area contributed by atoms with Gasteiger partial charge in [-0.2, -0.15) is 0 Å². The summed E-state index contributed by atoms with van der Waals surface area (Å²) in [7, 11) is 1.57. The van der Waals surface area contributed by atoms with Crippen molar-refractivity contribution < 1.29 is 27.5 Å². The molecule has 0 spiro atoms. The summed E-state index contributed by atoms with van der Waals surface area (Å²) >= 11 is 0. The van der Waals surface area contributed by atoms with Crippen LogP contribution in [0, 0.1) is 0 Å². The standard InChI is InChI=1S/C11H22O6Si/c1-8(2)11(12)17-9(3)16-10(4)18(13-5,14-6)15-7/h9-10H,1H2,2-7H3. The first-order valence-electron chi connectivity index (χ1n) is 5.50. The Balaban J connectivity index is 4.50. The molecule has 6 nitrogen and oxygen atoms in total. The molecular weight excluding hydrogens is 256 g/mol. The van der Waals surface area contributed by atoms with Crippen LogP contribution in [0.25, 0.3) is 0 Å². The Hall–Kier alpha value is -0.733. The van der Waals surface area contributed by atoms with E-state index < -0.39 is 26.8 Å². The first kappa shape index (κ1) is 17.3. The summed E-state index contributed by atoms with van der Waals surface area (Å²) in [5, 5.41) is 0. The molecule has 0 bridgehead atoms. The van der Waals surface area contributed by atoms with Crippen molar-refractivity contribution in [3.05, 3.63) is 12.2 Å². The summed E-state index contributed by atoms with van der Waals surface area (Å²) in [5.74, 6) is -0.505. The third-order valence-corrected chi connectivity index (χ3v) is 5.21. The number of carbonyl (C=O) groups excluding carboxylic acids is 1. The normalized spacial score (nSPS) is 15.0. The van der Waals surface area contributed by atoms with Gasteiger partial charge in [0.25, 0.3) is 0 Å². The number of rotatable bonds is 8. The zero-order chi connectivity index (χ0) is 14.3. The van der Waals surface area contributed by atoms with E-state index >= 15 is 0 Å². The summed E-state index contributed by atoms with van der Waals surface area (Å²) in [4.78, 5) is 11.3. The minimum Gasteiger partial charge on any atom is -0.433 e. The Kier molecular flexibility index (Phi) is 7.34. The van der Waals surface area contributed by atoms with E-state index in [4.69, 9.17) is 22.8 Å². The quantitative estimate of drug-likeness (QED) is 0.288. The maximum Gasteiger partial charge on any atom is 0.530 e. The lowest BCUT2D eigenvalue weighted by atomic mass is 10.4. The maximum absolute atomic E-state index is 11.3. The smallest absolute Gasteiger partial charge is 0.433 e. The van der Waals surface area contributed by atoms with E-state index in [1.807, 2.05) is 0 Å². The Morgan fingerprint density at radius 3 is 1.89 bits per heavy atom. The Morgan fingerprint density at radius 2 is 1.56 bits per heavy atom. The lowest BCUT2D eigenvalue weighted by Crippen LogP contribution is -2.55. The van der Waals surface area contributed by atoms with Crippen LogP contribution in [0.2, 0.25) is 0 Å². The highest BCUT2D eigenvalue weighted by Gasteiger charge is 2.47. The van der Waals surface area contributed by atoms with Gasteiger partial charge in [-0.25, -0.2) is 4.79 Å².